The minimum absolute atomic E-state index is 0.0658. The lowest BCUT2D eigenvalue weighted by Crippen LogP contribution is -2.52. The van der Waals surface area contributed by atoms with Crippen LogP contribution in [0.1, 0.15) is 37.6 Å². The minimum Gasteiger partial charge on any atom is -0.378 e. The lowest BCUT2D eigenvalue weighted by molar-refractivity contribution is 0.0898. The Kier molecular flexibility index (Phi) is 5.57. The van der Waals surface area contributed by atoms with Gasteiger partial charge in [0.15, 0.2) is 0 Å². The maximum Gasteiger partial charge on any atom is 0.251 e. The first kappa shape index (κ1) is 16.5. The van der Waals surface area contributed by atoms with Crippen molar-refractivity contribution >= 4 is 11.6 Å². The zero-order chi connectivity index (χ0) is 15.3. The summed E-state index contributed by atoms with van der Waals surface area (Å²) in [5.74, 6) is 0.420. The number of rotatable bonds is 6. The summed E-state index contributed by atoms with van der Waals surface area (Å²) in [5, 5.41) is 3.06. The smallest absolute Gasteiger partial charge is 0.251 e. The number of carbonyl (C=O) groups is 1. The molecule has 20 heavy (non-hydrogen) atoms. The van der Waals surface area contributed by atoms with E-state index in [0.717, 1.165) is 12.1 Å². The monoisotopic (exact) mass is 277 g/mol. The van der Waals surface area contributed by atoms with Gasteiger partial charge in [-0.25, -0.2) is 0 Å². The van der Waals surface area contributed by atoms with E-state index in [9.17, 15) is 4.79 Å². The Morgan fingerprint density at radius 2 is 1.85 bits per heavy atom. The highest BCUT2D eigenvalue weighted by Gasteiger charge is 2.26. The predicted molar refractivity (Wildman–Crippen MR) is 85.1 cm³/mol. The Morgan fingerprint density at radius 1 is 1.30 bits per heavy atom. The summed E-state index contributed by atoms with van der Waals surface area (Å²) in [5.41, 5.74) is 7.21. The van der Waals surface area contributed by atoms with Gasteiger partial charge in [-0.15, -0.1) is 0 Å². The Balaban J connectivity index is 2.79. The van der Waals surface area contributed by atoms with Gasteiger partial charge in [-0.2, -0.15) is 0 Å². The van der Waals surface area contributed by atoms with Gasteiger partial charge >= 0.3 is 0 Å². The van der Waals surface area contributed by atoms with Crippen molar-refractivity contribution in [1.29, 1.82) is 0 Å². The molecule has 1 aromatic rings. The van der Waals surface area contributed by atoms with Crippen molar-refractivity contribution in [3.63, 3.8) is 0 Å². The van der Waals surface area contributed by atoms with Crippen LogP contribution in [0.2, 0.25) is 0 Å². The fourth-order valence-corrected chi connectivity index (χ4v) is 2.34. The lowest BCUT2D eigenvalue weighted by Gasteiger charge is -2.31. The molecule has 0 saturated carbocycles. The highest BCUT2D eigenvalue weighted by atomic mass is 16.1. The second kappa shape index (κ2) is 6.75. The van der Waals surface area contributed by atoms with Gasteiger partial charge in [0.1, 0.15) is 0 Å². The van der Waals surface area contributed by atoms with Crippen LogP contribution in [0, 0.1) is 5.92 Å². The van der Waals surface area contributed by atoms with Crippen LogP contribution in [0.25, 0.3) is 0 Å². The summed E-state index contributed by atoms with van der Waals surface area (Å²) in [6.07, 6.45) is 0.866. The molecule has 0 aliphatic carbocycles. The van der Waals surface area contributed by atoms with Crippen molar-refractivity contribution in [2.45, 2.75) is 32.7 Å². The van der Waals surface area contributed by atoms with Gasteiger partial charge in [0, 0.05) is 37.4 Å². The van der Waals surface area contributed by atoms with Crippen LogP contribution in [-0.2, 0) is 0 Å². The van der Waals surface area contributed by atoms with Gasteiger partial charge in [0.25, 0.3) is 5.91 Å². The molecule has 4 heteroatoms. The SMILES string of the molecule is CC(C)CC(C)(CN)NC(=O)c1ccc(N(C)C)cc1. The van der Waals surface area contributed by atoms with E-state index >= 15 is 0 Å². The standard InChI is InChI=1S/C16H27N3O/c1-12(2)10-16(3,11-17)18-15(20)13-6-8-14(9-7-13)19(4)5/h6-9,12H,10-11,17H2,1-5H3,(H,18,20). The van der Waals surface area contributed by atoms with Crippen LogP contribution in [-0.4, -0.2) is 32.1 Å². The number of carbonyl (C=O) groups excluding carboxylic acids is 1. The average molecular weight is 277 g/mol. The van der Waals surface area contributed by atoms with Crippen molar-refractivity contribution in [2.75, 3.05) is 25.5 Å². The van der Waals surface area contributed by atoms with Crippen LogP contribution in [0.4, 0.5) is 5.69 Å². The van der Waals surface area contributed by atoms with E-state index in [1.807, 2.05) is 50.2 Å². The summed E-state index contributed by atoms with van der Waals surface area (Å²) in [6.45, 7) is 6.70. The fourth-order valence-electron chi connectivity index (χ4n) is 2.34. The van der Waals surface area contributed by atoms with Crippen LogP contribution in [0.15, 0.2) is 24.3 Å². The van der Waals surface area contributed by atoms with E-state index in [1.165, 1.54) is 0 Å². The van der Waals surface area contributed by atoms with Crippen LogP contribution in [0.3, 0.4) is 0 Å². The molecule has 0 aliphatic heterocycles. The van der Waals surface area contributed by atoms with Crippen molar-refractivity contribution in [3.05, 3.63) is 29.8 Å². The molecule has 1 unspecified atom stereocenters. The van der Waals surface area contributed by atoms with Gasteiger partial charge in [-0.3, -0.25) is 4.79 Å². The first-order valence-corrected chi connectivity index (χ1v) is 7.07. The topological polar surface area (TPSA) is 58.4 Å². The van der Waals surface area contributed by atoms with Crippen LogP contribution >= 0.6 is 0 Å². The van der Waals surface area contributed by atoms with Crippen molar-refractivity contribution in [1.82, 2.24) is 5.32 Å². The van der Waals surface area contributed by atoms with Gasteiger partial charge in [0.05, 0.1) is 0 Å². The second-order valence-corrected chi connectivity index (χ2v) is 6.26. The quantitative estimate of drug-likeness (QED) is 0.838. The molecular formula is C16H27N3O. The third-order valence-electron chi connectivity index (χ3n) is 3.37. The largest absolute Gasteiger partial charge is 0.378 e. The number of amides is 1. The third-order valence-corrected chi connectivity index (χ3v) is 3.37. The van der Waals surface area contributed by atoms with Crippen molar-refractivity contribution < 1.29 is 4.79 Å². The lowest BCUT2D eigenvalue weighted by atomic mass is 9.90. The number of benzene rings is 1. The van der Waals surface area contributed by atoms with E-state index in [0.29, 0.717) is 18.0 Å². The molecule has 4 nitrogen and oxygen atoms in total. The number of nitrogens with one attached hydrogen (secondary N) is 1. The van der Waals surface area contributed by atoms with E-state index < -0.39 is 0 Å². The zero-order valence-corrected chi connectivity index (χ0v) is 13.2. The van der Waals surface area contributed by atoms with Crippen LogP contribution in [0.5, 0.6) is 0 Å². The zero-order valence-electron chi connectivity index (χ0n) is 13.2. The summed E-state index contributed by atoms with van der Waals surface area (Å²) in [4.78, 5) is 14.3. The molecule has 0 bridgehead atoms. The molecule has 112 valence electrons. The van der Waals surface area contributed by atoms with Gasteiger partial charge in [-0.05, 0) is 43.5 Å². The molecule has 0 aliphatic rings. The van der Waals surface area contributed by atoms with Gasteiger partial charge < -0.3 is 16.0 Å². The molecule has 3 N–H and O–H groups in total. The molecule has 0 radical (unpaired) electrons. The first-order chi connectivity index (χ1) is 9.27. The van der Waals surface area contributed by atoms with Crippen molar-refractivity contribution in [2.24, 2.45) is 11.7 Å². The van der Waals surface area contributed by atoms with Crippen molar-refractivity contribution in [3.8, 4) is 0 Å². The average Bonchev–Trinajstić information content (AvgIpc) is 2.37. The minimum atomic E-state index is -0.356. The van der Waals surface area contributed by atoms with Gasteiger partial charge in [-0.1, -0.05) is 13.8 Å². The molecule has 1 rings (SSSR count). The Bertz CT molecular complexity index is 440. The Hall–Kier alpha value is -1.55. The predicted octanol–water partition coefficient (Wildman–Crippen LogP) is 2.25. The Morgan fingerprint density at radius 3 is 2.25 bits per heavy atom. The number of hydrogen-bond acceptors (Lipinski definition) is 3. The van der Waals surface area contributed by atoms with Gasteiger partial charge in [0.2, 0.25) is 0 Å². The van der Waals surface area contributed by atoms with E-state index in [2.05, 4.69) is 19.2 Å². The molecule has 1 atom stereocenters. The fraction of sp³-hybridized carbons (Fsp3) is 0.562. The number of anilines is 1. The third kappa shape index (κ3) is 4.53. The summed E-state index contributed by atoms with van der Waals surface area (Å²) >= 11 is 0. The van der Waals surface area contributed by atoms with E-state index in [4.69, 9.17) is 5.73 Å². The first-order valence-electron chi connectivity index (χ1n) is 7.07. The molecule has 0 spiro atoms. The second-order valence-electron chi connectivity index (χ2n) is 6.26. The molecule has 1 amide bonds. The molecule has 0 saturated heterocycles. The summed E-state index contributed by atoms with van der Waals surface area (Å²) in [6, 6.07) is 7.57. The molecule has 0 fully saturated rings. The maximum absolute atomic E-state index is 12.3. The summed E-state index contributed by atoms with van der Waals surface area (Å²) < 4.78 is 0. The summed E-state index contributed by atoms with van der Waals surface area (Å²) in [7, 11) is 3.95. The normalized spacial score (nSPS) is 13.9. The molecule has 0 aromatic heterocycles. The van der Waals surface area contributed by atoms with Crippen LogP contribution < -0.4 is 16.0 Å². The van der Waals surface area contributed by atoms with E-state index in [-0.39, 0.29) is 11.4 Å². The highest BCUT2D eigenvalue weighted by molar-refractivity contribution is 5.95. The number of nitrogens with two attached hydrogens (primary N) is 1. The molecule has 0 heterocycles. The molecule has 1 aromatic carbocycles. The maximum atomic E-state index is 12.3. The molecular weight excluding hydrogens is 250 g/mol. The van der Waals surface area contributed by atoms with E-state index in [1.54, 1.807) is 0 Å². The number of hydrogen-bond donors (Lipinski definition) is 2. The number of nitrogens with zero attached hydrogens (tertiary/aromatic N) is 1. The Labute approximate surface area is 122 Å². The highest BCUT2D eigenvalue weighted by Crippen LogP contribution is 2.17.